The van der Waals surface area contributed by atoms with Gasteiger partial charge in [0.15, 0.2) is 27.4 Å². The normalized spacial score (nSPS) is 27.4. The number of phenolic OH excluding ortho intramolecular Hbond substituents is 2. The summed E-state index contributed by atoms with van der Waals surface area (Å²) in [7, 11) is -4.13. The second kappa shape index (κ2) is 7.70. The number of fused-ring (bicyclic) bond motifs is 1. The van der Waals surface area contributed by atoms with Gasteiger partial charge in [-0.1, -0.05) is 0 Å². The van der Waals surface area contributed by atoms with Gasteiger partial charge in [-0.15, -0.1) is 0 Å². The van der Waals surface area contributed by atoms with E-state index in [4.69, 9.17) is 0 Å². The molecule has 2 aliphatic rings. The minimum Gasteiger partial charge on any atom is -0.504 e. The summed E-state index contributed by atoms with van der Waals surface area (Å²) >= 11 is 0. The van der Waals surface area contributed by atoms with Crippen molar-refractivity contribution in [1.82, 2.24) is 10.3 Å². The average Bonchev–Trinajstić information content (AvgIpc) is 2.83. The number of sulfone groups is 1. The van der Waals surface area contributed by atoms with Crippen LogP contribution < -0.4 is 10.7 Å². The molecule has 14 heteroatoms. The van der Waals surface area contributed by atoms with E-state index in [9.17, 15) is 43.2 Å². The highest BCUT2D eigenvalue weighted by Crippen LogP contribution is 2.45. The Morgan fingerprint density at radius 1 is 1.35 bits per heavy atom. The van der Waals surface area contributed by atoms with E-state index in [0.29, 0.717) is 0 Å². The van der Waals surface area contributed by atoms with Crippen LogP contribution in [0.1, 0.15) is 13.3 Å². The summed E-state index contributed by atoms with van der Waals surface area (Å²) in [4.78, 5) is 36.5. The van der Waals surface area contributed by atoms with Crippen LogP contribution in [0.15, 0.2) is 23.3 Å². The molecule has 0 bridgehead atoms. The minimum absolute atomic E-state index is 0.188. The molecule has 0 aromatic heterocycles. The number of benzene rings is 1. The first kappa shape index (κ1) is 22.3. The lowest BCUT2D eigenvalue weighted by atomic mass is 9.97. The largest absolute Gasteiger partial charge is 0.504 e. The number of rotatable bonds is 7. The summed E-state index contributed by atoms with van der Waals surface area (Å²) < 4.78 is 23.4. The van der Waals surface area contributed by atoms with Crippen molar-refractivity contribution in [3.05, 3.63) is 18.2 Å². The number of carboxylic acid groups (broad SMARTS) is 1. The zero-order valence-electron chi connectivity index (χ0n) is 16.1. The van der Waals surface area contributed by atoms with Crippen molar-refractivity contribution in [2.75, 3.05) is 11.9 Å². The summed E-state index contributed by atoms with van der Waals surface area (Å²) in [5.74, 6) is -3.87. The van der Waals surface area contributed by atoms with Gasteiger partial charge < -0.3 is 30.6 Å². The summed E-state index contributed by atoms with van der Waals surface area (Å²) in [6.07, 6.45) is 0.434. The number of β-lactam (4-membered cyclic amide) rings is 1. The molecule has 13 nitrogen and oxygen atoms in total. The van der Waals surface area contributed by atoms with Crippen LogP contribution in [0.25, 0.3) is 0 Å². The Labute approximate surface area is 175 Å². The zero-order valence-corrected chi connectivity index (χ0v) is 16.9. The van der Waals surface area contributed by atoms with E-state index in [0.717, 1.165) is 30.2 Å². The van der Waals surface area contributed by atoms with Crippen molar-refractivity contribution in [3.63, 3.8) is 0 Å². The Kier molecular flexibility index (Phi) is 5.54. The van der Waals surface area contributed by atoms with Crippen LogP contribution in [0, 0.1) is 0 Å². The highest BCUT2D eigenvalue weighted by atomic mass is 32.2. The molecule has 0 spiro atoms. The molecule has 0 radical (unpaired) electrons. The number of nitrogens with one attached hydrogen (secondary N) is 2. The van der Waals surface area contributed by atoms with E-state index in [-0.39, 0.29) is 17.9 Å². The first-order chi connectivity index (χ1) is 14.4. The van der Waals surface area contributed by atoms with E-state index >= 15 is 0 Å². The molecule has 1 unspecified atom stereocenters. The number of phenols is 2. The third-order valence-corrected chi connectivity index (χ3v) is 7.95. The molecule has 1 aromatic carbocycles. The predicted molar refractivity (Wildman–Crippen MR) is 105 cm³/mol. The lowest BCUT2D eigenvalue weighted by molar-refractivity contribution is -0.156. The topological polar surface area (TPSA) is 206 Å². The lowest BCUT2D eigenvalue weighted by Gasteiger charge is -2.35. The number of aliphatic carboxylic acids is 1. The summed E-state index contributed by atoms with van der Waals surface area (Å²) in [5.41, 5.74) is 2.21. The maximum atomic E-state index is 12.7. The Morgan fingerprint density at radius 2 is 2.03 bits per heavy atom. The summed E-state index contributed by atoms with van der Waals surface area (Å²) in [6.45, 7) is 0.393. The highest BCUT2D eigenvalue weighted by molar-refractivity contribution is 7.94. The van der Waals surface area contributed by atoms with Gasteiger partial charge in [0.25, 0.3) is 5.91 Å². The smallest absolute Gasteiger partial charge is 0.328 e. The molecular formula is C17H20N4O9S. The van der Waals surface area contributed by atoms with Crippen LogP contribution in [0.5, 0.6) is 11.5 Å². The van der Waals surface area contributed by atoms with E-state index in [1.165, 1.54) is 6.07 Å². The molecule has 3 rings (SSSR count). The molecule has 6 N–H and O–H groups in total. The number of aliphatic hydroxyl groups is 1. The number of amides is 2. The molecule has 0 aliphatic carbocycles. The highest BCUT2D eigenvalue weighted by Gasteiger charge is 2.69. The Bertz CT molecular complexity index is 1070. The van der Waals surface area contributed by atoms with Crippen LogP contribution in [0.2, 0.25) is 0 Å². The maximum absolute atomic E-state index is 12.7. The van der Waals surface area contributed by atoms with Crippen molar-refractivity contribution in [2.45, 2.75) is 35.5 Å². The molecule has 2 amide bonds. The van der Waals surface area contributed by atoms with Crippen LogP contribution in [0.4, 0.5) is 5.69 Å². The Morgan fingerprint density at radius 3 is 2.58 bits per heavy atom. The van der Waals surface area contributed by atoms with E-state index in [2.05, 4.69) is 10.4 Å². The molecule has 2 saturated heterocycles. The number of carbonyl (C=O) groups excluding carboxylic acids is 2. The number of carbonyl (C=O) groups is 3. The van der Waals surface area contributed by atoms with Crippen LogP contribution >= 0.6 is 0 Å². The van der Waals surface area contributed by atoms with Gasteiger partial charge in [-0.05, 0) is 19.1 Å². The van der Waals surface area contributed by atoms with Crippen molar-refractivity contribution in [3.8, 4) is 11.5 Å². The molecule has 2 fully saturated rings. The molecular weight excluding hydrogens is 436 g/mol. The third-order valence-electron chi connectivity index (χ3n) is 5.28. The van der Waals surface area contributed by atoms with Gasteiger partial charge in [0.05, 0.1) is 13.0 Å². The van der Waals surface area contributed by atoms with Crippen molar-refractivity contribution in [2.24, 2.45) is 5.10 Å². The van der Waals surface area contributed by atoms with Gasteiger partial charge in [0, 0.05) is 18.0 Å². The number of hydrazone groups is 1. The monoisotopic (exact) mass is 456 g/mol. The molecule has 168 valence electrons. The number of aliphatic hydroxyl groups excluding tert-OH is 1. The number of nitrogens with zero attached hydrogens (tertiary/aromatic N) is 2. The SMILES string of the molecule is C[C@]1(/C=N/NC(=O)C(CO)Nc2ccc(O)c(O)c2)[C@H](C(=O)O)N2C(=O)C[C@H]2S1(=O)=O. The average molecular weight is 456 g/mol. The number of hydrogen-bond donors (Lipinski definition) is 6. The predicted octanol–water partition coefficient (Wildman–Crippen LogP) is -1.83. The Balaban J connectivity index is 1.75. The Hall–Kier alpha value is -3.39. The summed E-state index contributed by atoms with van der Waals surface area (Å²) in [5, 5.41) is 42.6. The van der Waals surface area contributed by atoms with E-state index < -0.39 is 62.2 Å². The molecule has 2 aliphatic heterocycles. The second-order valence-corrected chi connectivity index (χ2v) is 9.76. The fourth-order valence-corrected chi connectivity index (χ4v) is 5.73. The van der Waals surface area contributed by atoms with Crippen molar-refractivity contribution < 1.29 is 43.2 Å². The molecule has 1 aromatic rings. The van der Waals surface area contributed by atoms with Gasteiger partial charge >= 0.3 is 5.97 Å². The van der Waals surface area contributed by atoms with E-state index in [1.54, 1.807) is 0 Å². The van der Waals surface area contributed by atoms with Gasteiger partial charge in [-0.25, -0.2) is 18.6 Å². The maximum Gasteiger partial charge on any atom is 0.328 e. The van der Waals surface area contributed by atoms with Crippen LogP contribution in [-0.2, 0) is 24.2 Å². The number of anilines is 1. The molecule has 0 saturated carbocycles. The molecule has 2 heterocycles. The first-order valence-corrected chi connectivity index (χ1v) is 10.5. The minimum atomic E-state index is -4.13. The van der Waals surface area contributed by atoms with Gasteiger partial charge in [-0.3, -0.25) is 9.59 Å². The van der Waals surface area contributed by atoms with Gasteiger partial charge in [0.1, 0.15) is 16.2 Å². The standard InChI is InChI=1S/C17H20N4O9S/c1-17(14(16(27)28)21-12(25)5-13(21)31(17,29)30)7-18-20-15(26)9(6-22)19-8-2-3-10(23)11(24)4-8/h2-4,7,9,13-14,19,22-24H,5-6H2,1H3,(H,20,26)(H,27,28)/b18-7+/t9?,13-,14+,17+/m1/s1. The fraction of sp³-hybridized carbons (Fsp3) is 0.412. The fourth-order valence-electron chi connectivity index (χ4n) is 3.51. The van der Waals surface area contributed by atoms with Crippen molar-refractivity contribution in [1.29, 1.82) is 0 Å². The van der Waals surface area contributed by atoms with E-state index in [1.807, 2.05) is 5.43 Å². The van der Waals surface area contributed by atoms with Crippen LogP contribution in [0.3, 0.4) is 0 Å². The number of carboxylic acids is 1. The number of aromatic hydroxyl groups is 2. The van der Waals surface area contributed by atoms with Gasteiger partial charge in [0.2, 0.25) is 5.91 Å². The quantitative estimate of drug-likeness (QED) is 0.0889. The molecule has 4 atom stereocenters. The van der Waals surface area contributed by atoms with Gasteiger partial charge in [-0.2, -0.15) is 5.10 Å². The third kappa shape index (κ3) is 3.53. The van der Waals surface area contributed by atoms with Crippen LogP contribution in [-0.4, -0.2) is 86.6 Å². The molecule has 31 heavy (non-hydrogen) atoms. The lowest BCUT2D eigenvalue weighted by Crippen LogP contribution is -2.57. The van der Waals surface area contributed by atoms with Crippen molar-refractivity contribution >= 4 is 39.5 Å². The summed E-state index contributed by atoms with van der Waals surface area (Å²) in [6, 6.07) is 0.630. The first-order valence-electron chi connectivity index (χ1n) is 8.95. The zero-order chi connectivity index (χ0) is 23.1. The number of hydrogen-bond acceptors (Lipinski definition) is 10. The second-order valence-electron chi connectivity index (χ2n) is 7.25.